The summed E-state index contributed by atoms with van der Waals surface area (Å²) in [5, 5.41) is 8.90. The van der Waals surface area contributed by atoms with E-state index in [0.29, 0.717) is 26.0 Å². The standard InChI is InChI=1S/C17H23NO4/c1-2-22-15-8-5-13(6-9-15)7-10-16(19)18-11-3-4-14(18)12-17(20)21/h5-6,8-9,14H,2-4,7,10-12H2,1H3,(H,20,21). The van der Waals surface area contributed by atoms with Crippen molar-refractivity contribution in [3.63, 3.8) is 0 Å². The lowest BCUT2D eigenvalue weighted by Gasteiger charge is -2.23. The van der Waals surface area contributed by atoms with Crippen LogP contribution in [0.4, 0.5) is 0 Å². The number of carboxylic acid groups (broad SMARTS) is 1. The number of carboxylic acids is 1. The Morgan fingerprint density at radius 2 is 2.05 bits per heavy atom. The predicted molar refractivity (Wildman–Crippen MR) is 82.9 cm³/mol. The van der Waals surface area contributed by atoms with Gasteiger partial charge < -0.3 is 14.7 Å². The van der Waals surface area contributed by atoms with E-state index < -0.39 is 5.97 Å². The van der Waals surface area contributed by atoms with Gasteiger partial charge in [-0.2, -0.15) is 0 Å². The van der Waals surface area contributed by atoms with Crippen LogP contribution in [0.15, 0.2) is 24.3 Å². The first-order valence-electron chi connectivity index (χ1n) is 7.83. The predicted octanol–water partition coefficient (Wildman–Crippen LogP) is 2.48. The van der Waals surface area contributed by atoms with Crippen LogP contribution in [0.2, 0.25) is 0 Å². The average Bonchev–Trinajstić information content (AvgIpc) is 2.94. The van der Waals surface area contributed by atoms with Crippen LogP contribution < -0.4 is 4.74 Å². The summed E-state index contributed by atoms with van der Waals surface area (Å²) in [4.78, 5) is 24.9. The number of rotatable bonds is 7. The Kier molecular flexibility index (Phi) is 5.81. The number of benzene rings is 1. The Bertz CT molecular complexity index is 512. The number of likely N-dealkylation sites (tertiary alicyclic amines) is 1. The molecule has 1 N–H and O–H groups in total. The van der Waals surface area contributed by atoms with Crippen LogP contribution in [0.5, 0.6) is 5.75 Å². The smallest absolute Gasteiger partial charge is 0.305 e. The van der Waals surface area contributed by atoms with Crippen LogP contribution in [0.1, 0.15) is 38.2 Å². The first-order valence-corrected chi connectivity index (χ1v) is 7.83. The summed E-state index contributed by atoms with van der Waals surface area (Å²) < 4.78 is 5.39. The molecule has 1 heterocycles. The molecule has 0 spiro atoms. The molecule has 5 heteroatoms. The monoisotopic (exact) mass is 305 g/mol. The number of aliphatic carboxylic acids is 1. The molecular formula is C17H23NO4. The summed E-state index contributed by atoms with van der Waals surface area (Å²) in [6, 6.07) is 7.62. The van der Waals surface area contributed by atoms with E-state index >= 15 is 0 Å². The van der Waals surface area contributed by atoms with Crippen molar-refractivity contribution >= 4 is 11.9 Å². The minimum absolute atomic E-state index is 0.0504. The molecular weight excluding hydrogens is 282 g/mol. The van der Waals surface area contributed by atoms with Crippen molar-refractivity contribution in [2.24, 2.45) is 0 Å². The van der Waals surface area contributed by atoms with E-state index in [0.717, 1.165) is 24.2 Å². The molecule has 0 bridgehead atoms. The zero-order valence-electron chi connectivity index (χ0n) is 13.0. The van der Waals surface area contributed by atoms with E-state index in [1.165, 1.54) is 0 Å². The van der Waals surface area contributed by atoms with Crippen LogP contribution in [-0.2, 0) is 16.0 Å². The second-order valence-electron chi connectivity index (χ2n) is 5.56. The Morgan fingerprint density at radius 1 is 1.32 bits per heavy atom. The highest BCUT2D eigenvalue weighted by atomic mass is 16.5. The average molecular weight is 305 g/mol. The van der Waals surface area contributed by atoms with Gasteiger partial charge in [-0.15, -0.1) is 0 Å². The van der Waals surface area contributed by atoms with Crippen LogP contribution in [-0.4, -0.2) is 41.1 Å². The van der Waals surface area contributed by atoms with E-state index in [1.807, 2.05) is 31.2 Å². The normalized spacial score (nSPS) is 17.5. The van der Waals surface area contributed by atoms with Crippen molar-refractivity contribution in [1.29, 1.82) is 0 Å². The van der Waals surface area contributed by atoms with Gasteiger partial charge in [0, 0.05) is 19.0 Å². The maximum atomic E-state index is 12.3. The second kappa shape index (κ2) is 7.82. The minimum atomic E-state index is -0.837. The first kappa shape index (κ1) is 16.3. The summed E-state index contributed by atoms with van der Waals surface area (Å²) in [6.45, 7) is 3.26. The number of carbonyl (C=O) groups excluding carboxylic acids is 1. The van der Waals surface area contributed by atoms with Crippen molar-refractivity contribution in [3.05, 3.63) is 29.8 Å². The van der Waals surface area contributed by atoms with Crippen LogP contribution in [0, 0.1) is 0 Å². The van der Waals surface area contributed by atoms with Gasteiger partial charge in [-0.05, 0) is 43.9 Å². The van der Waals surface area contributed by atoms with Gasteiger partial charge >= 0.3 is 5.97 Å². The summed E-state index contributed by atoms with van der Waals surface area (Å²) in [6.07, 6.45) is 2.83. The van der Waals surface area contributed by atoms with Gasteiger partial charge in [-0.25, -0.2) is 0 Å². The highest BCUT2D eigenvalue weighted by Gasteiger charge is 2.29. The molecule has 1 fully saturated rings. The molecule has 0 aliphatic carbocycles. The number of ether oxygens (including phenoxy) is 1. The van der Waals surface area contributed by atoms with Crippen LogP contribution >= 0.6 is 0 Å². The zero-order chi connectivity index (χ0) is 15.9. The number of hydrogen-bond acceptors (Lipinski definition) is 3. The third-order valence-corrected chi connectivity index (χ3v) is 3.97. The van der Waals surface area contributed by atoms with Crippen molar-refractivity contribution < 1.29 is 19.4 Å². The fourth-order valence-electron chi connectivity index (χ4n) is 2.89. The van der Waals surface area contributed by atoms with Gasteiger partial charge in [-0.1, -0.05) is 12.1 Å². The number of hydrogen-bond donors (Lipinski definition) is 1. The largest absolute Gasteiger partial charge is 0.494 e. The molecule has 1 aliphatic heterocycles. The Labute approximate surface area is 130 Å². The molecule has 5 nitrogen and oxygen atoms in total. The SMILES string of the molecule is CCOc1ccc(CCC(=O)N2CCCC2CC(=O)O)cc1. The molecule has 0 radical (unpaired) electrons. The lowest BCUT2D eigenvalue weighted by atomic mass is 10.1. The fraction of sp³-hybridized carbons (Fsp3) is 0.529. The number of amides is 1. The molecule has 1 aromatic carbocycles. The van der Waals surface area contributed by atoms with E-state index in [-0.39, 0.29) is 18.4 Å². The van der Waals surface area contributed by atoms with Gasteiger partial charge in [0.2, 0.25) is 5.91 Å². The van der Waals surface area contributed by atoms with Gasteiger partial charge in [0.1, 0.15) is 5.75 Å². The lowest BCUT2D eigenvalue weighted by Crippen LogP contribution is -2.36. The maximum absolute atomic E-state index is 12.3. The molecule has 1 amide bonds. The van der Waals surface area contributed by atoms with Gasteiger partial charge in [0.25, 0.3) is 0 Å². The number of carbonyl (C=O) groups is 2. The highest BCUT2D eigenvalue weighted by molar-refractivity contribution is 5.78. The molecule has 0 saturated carbocycles. The van der Waals surface area contributed by atoms with E-state index in [2.05, 4.69) is 0 Å². The van der Waals surface area contributed by atoms with E-state index in [4.69, 9.17) is 9.84 Å². The fourth-order valence-corrected chi connectivity index (χ4v) is 2.89. The van der Waals surface area contributed by atoms with E-state index in [9.17, 15) is 9.59 Å². The molecule has 120 valence electrons. The summed E-state index contributed by atoms with van der Waals surface area (Å²) in [7, 11) is 0. The number of aryl methyl sites for hydroxylation is 1. The Morgan fingerprint density at radius 3 is 2.68 bits per heavy atom. The minimum Gasteiger partial charge on any atom is -0.494 e. The third-order valence-electron chi connectivity index (χ3n) is 3.97. The number of nitrogens with zero attached hydrogens (tertiary/aromatic N) is 1. The summed E-state index contributed by atoms with van der Waals surface area (Å²) in [5.74, 6) is 0.0486. The molecule has 0 aromatic heterocycles. The molecule has 2 rings (SSSR count). The summed E-state index contributed by atoms with van der Waals surface area (Å²) in [5.41, 5.74) is 1.09. The molecule has 1 atom stereocenters. The van der Waals surface area contributed by atoms with Crippen LogP contribution in [0.25, 0.3) is 0 Å². The highest BCUT2D eigenvalue weighted by Crippen LogP contribution is 2.22. The second-order valence-corrected chi connectivity index (χ2v) is 5.56. The van der Waals surface area contributed by atoms with Gasteiger partial charge in [-0.3, -0.25) is 9.59 Å². The molecule has 1 unspecified atom stereocenters. The molecule has 1 aliphatic rings. The Balaban J connectivity index is 1.85. The van der Waals surface area contributed by atoms with Crippen molar-refractivity contribution in [2.45, 2.75) is 45.1 Å². The molecule has 1 aromatic rings. The summed E-state index contributed by atoms with van der Waals surface area (Å²) >= 11 is 0. The van der Waals surface area contributed by atoms with Crippen LogP contribution in [0.3, 0.4) is 0 Å². The molecule has 22 heavy (non-hydrogen) atoms. The molecule has 1 saturated heterocycles. The quantitative estimate of drug-likeness (QED) is 0.840. The lowest BCUT2D eigenvalue weighted by molar-refractivity contribution is -0.139. The Hall–Kier alpha value is -2.04. The van der Waals surface area contributed by atoms with E-state index in [1.54, 1.807) is 4.90 Å². The van der Waals surface area contributed by atoms with Crippen molar-refractivity contribution in [3.8, 4) is 5.75 Å². The maximum Gasteiger partial charge on any atom is 0.305 e. The topological polar surface area (TPSA) is 66.8 Å². The van der Waals surface area contributed by atoms with Gasteiger partial charge in [0.05, 0.1) is 13.0 Å². The zero-order valence-corrected chi connectivity index (χ0v) is 13.0. The van der Waals surface area contributed by atoms with Crippen molar-refractivity contribution in [1.82, 2.24) is 4.90 Å². The van der Waals surface area contributed by atoms with Gasteiger partial charge in [0.15, 0.2) is 0 Å². The third kappa shape index (κ3) is 4.48. The van der Waals surface area contributed by atoms with Crippen molar-refractivity contribution in [2.75, 3.05) is 13.2 Å². The first-order chi connectivity index (χ1) is 10.6.